The molecule has 4 rings (SSSR count). The highest BCUT2D eigenvalue weighted by Gasteiger charge is 2.48. The molecule has 5 nitrogen and oxygen atoms in total. The summed E-state index contributed by atoms with van der Waals surface area (Å²) in [7, 11) is 3.63. The van der Waals surface area contributed by atoms with E-state index in [0.29, 0.717) is 13.2 Å². The van der Waals surface area contributed by atoms with Crippen LogP contribution in [0.3, 0.4) is 0 Å². The van der Waals surface area contributed by atoms with Crippen LogP contribution < -0.4 is 4.74 Å². The number of likely N-dealkylation sites (tertiary alicyclic amines) is 1. The molecule has 0 aromatic heterocycles. The highest BCUT2D eigenvalue weighted by molar-refractivity contribution is 6.05. The number of imide groups is 1. The standard InChI is InChI=1S/C22H26N2O3/c1-23(14-24-21(25)19-5-3-4-6-20(19)22(24)26)13-15-7-8-17-12-18(27-2)10-9-16(17)11-15/h7-12,19-20H,3-6,13-14H2,1-2H3/t19-,20-/m0/s1. The van der Waals surface area contributed by atoms with Crippen molar-refractivity contribution >= 4 is 22.6 Å². The molecule has 0 bridgehead atoms. The molecule has 1 saturated carbocycles. The van der Waals surface area contributed by atoms with Crippen LogP contribution in [0.2, 0.25) is 0 Å². The lowest BCUT2D eigenvalue weighted by atomic mass is 9.81. The number of methoxy groups -OCH3 is 1. The molecule has 2 fully saturated rings. The molecule has 1 aliphatic heterocycles. The van der Waals surface area contributed by atoms with E-state index in [1.54, 1.807) is 7.11 Å². The van der Waals surface area contributed by atoms with Crippen molar-refractivity contribution in [2.75, 3.05) is 20.8 Å². The van der Waals surface area contributed by atoms with Crippen molar-refractivity contribution in [1.29, 1.82) is 0 Å². The van der Waals surface area contributed by atoms with E-state index in [0.717, 1.165) is 47.8 Å². The van der Waals surface area contributed by atoms with Crippen molar-refractivity contribution < 1.29 is 14.3 Å². The van der Waals surface area contributed by atoms with Crippen LogP contribution in [0.5, 0.6) is 5.75 Å². The molecule has 27 heavy (non-hydrogen) atoms. The zero-order chi connectivity index (χ0) is 19.0. The maximum absolute atomic E-state index is 12.6. The van der Waals surface area contributed by atoms with Gasteiger partial charge in [0, 0.05) is 6.54 Å². The third-order valence-electron chi connectivity index (χ3n) is 5.88. The fraction of sp³-hybridized carbons (Fsp3) is 0.455. The summed E-state index contributed by atoms with van der Waals surface area (Å²) in [6.45, 7) is 1.06. The molecule has 0 spiro atoms. The van der Waals surface area contributed by atoms with E-state index in [1.807, 2.05) is 24.1 Å². The molecule has 0 N–H and O–H groups in total. The highest BCUT2D eigenvalue weighted by Crippen LogP contribution is 2.38. The monoisotopic (exact) mass is 366 g/mol. The van der Waals surface area contributed by atoms with Crippen LogP contribution in [0.4, 0.5) is 0 Å². The van der Waals surface area contributed by atoms with Gasteiger partial charge in [0.25, 0.3) is 0 Å². The lowest BCUT2D eigenvalue weighted by Gasteiger charge is -2.23. The second kappa shape index (κ2) is 7.31. The third-order valence-corrected chi connectivity index (χ3v) is 5.88. The van der Waals surface area contributed by atoms with Gasteiger partial charge in [0.05, 0.1) is 25.6 Å². The zero-order valence-electron chi connectivity index (χ0n) is 16.0. The van der Waals surface area contributed by atoms with Crippen LogP contribution in [0.25, 0.3) is 10.8 Å². The molecule has 5 heteroatoms. The maximum Gasteiger partial charge on any atom is 0.234 e. The highest BCUT2D eigenvalue weighted by atomic mass is 16.5. The Morgan fingerprint density at radius 2 is 1.63 bits per heavy atom. The van der Waals surface area contributed by atoms with E-state index in [2.05, 4.69) is 24.3 Å². The lowest BCUT2D eigenvalue weighted by Crippen LogP contribution is -2.40. The van der Waals surface area contributed by atoms with E-state index >= 15 is 0 Å². The van der Waals surface area contributed by atoms with Crippen LogP contribution >= 0.6 is 0 Å². The first-order chi connectivity index (χ1) is 13.1. The quantitative estimate of drug-likeness (QED) is 0.761. The summed E-state index contributed by atoms with van der Waals surface area (Å²) in [5.74, 6) is 0.759. The van der Waals surface area contributed by atoms with E-state index in [1.165, 1.54) is 4.90 Å². The molecule has 2 aromatic carbocycles. The van der Waals surface area contributed by atoms with Gasteiger partial charge < -0.3 is 4.74 Å². The van der Waals surface area contributed by atoms with Gasteiger partial charge >= 0.3 is 0 Å². The number of benzene rings is 2. The summed E-state index contributed by atoms with van der Waals surface area (Å²) in [6.07, 6.45) is 3.85. The summed E-state index contributed by atoms with van der Waals surface area (Å²) in [4.78, 5) is 28.8. The minimum atomic E-state index is -0.0738. The Kier molecular flexibility index (Phi) is 4.87. The van der Waals surface area contributed by atoms with Crippen molar-refractivity contribution in [2.45, 2.75) is 32.2 Å². The first-order valence-corrected chi connectivity index (χ1v) is 9.67. The number of hydrogen-bond acceptors (Lipinski definition) is 4. The van der Waals surface area contributed by atoms with Gasteiger partial charge in [-0.2, -0.15) is 0 Å². The van der Waals surface area contributed by atoms with Crippen molar-refractivity contribution in [2.24, 2.45) is 11.8 Å². The summed E-state index contributed by atoms with van der Waals surface area (Å²) in [5.41, 5.74) is 1.16. The lowest BCUT2D eigenvalue weighted by molar-refractivity contribution is -0.142. The van der Waals surface area contributed by atoms with Crippen molar-refractivity contribution in [3.8, 4) is 5.75 Å². The first kappa shape index (κ1) is 18.0. The van der Waals surface area contributed by atoms with Crippen LogP contribution in [0, 0.1) is 11.8 Å². The molecule has 2 aliphatic rings. The van der Waals surface area contributed by atoms with E-state index in [9.17, 15) is 9.59 Å². The Morgan fingerprint density at radius 1 is 1.00 bits per heavy atom. The topological polar surface area (TPSA) is 49.9 Å². The second-order valence-corrected chi connectivity index (χ2v) is 7.80. The maximum atomic E-state index is 12.6. The van der Waals surface area contributed by atoms with Gasteiger partial charge in [-0.1, -0.05) is 31.0 Å². The van der Waals surface area contributed by atoms with Gasteiger partial charge in [0.2, 0.25) is 11.8 Å². The number of carbonyl (C=O) groups is 2. The SMILES string of the molecule is COc1ccc2cc(CN(C)CN3C(=O)[C@H]4CCCC[C@@H]4C3=O)ccc2c1. The summed E-state index contributed by atoms with van der Waals surface area (Å²) >= 11 is 0. The van der Waals surface area contributed by atoms with E-state index in [-0.39, 0.29) is 23.7 Å². The smallest absolute Gasteiger partial charge is 0.234 e. The molecule has 1 heterocycles. The Morgan fingerprint density at radius 3 is 2.30 bits per heavy atom. The van der Waals surface area contributed by atoms with Gasteiger partial charge in [-0.25, -0.2) is 0 Å². The minimum Gasteiger partial charge on any atom is -0.497 e. The predicted molar refractivity (Wildman–Crippen MR) is 104 cm³/mol. The molecule has 1 saturated heterocycles. The molecule has 0 unspecified atom stereocenters. The Labute approximate surface area is 159 Å². The molecular weight excluding hydrogens is 340 g/mol. The van der Waals surface area contributed by atoms with E-state index < -0.39 is 0 Å². The van der Waals surface area contributed by atoms with Crippen LogP contribution in [0.15, 0.2) is 36.4 Å². The predicted octanol–water partition coefficient (Wildman–Crippen LogP) is 3.41. The van der Waals surface area contributed by atoms with Gasteiger partial charge in [-0.15, -0.1) is 0 Å². The van der Waals surface area contributed by atoms with Gasteiger partial charge in [-0.3, -0.25) is 19.4 Å². The summed E-state index contributed by atoms with van der Waals surface area (Å²) < 4.78 is 5.27. The fourth-order valence-electron chi connectivity index (χ4n) is 4.47. The molecule has 2 aromatic rings. The molecule has 2 atom stereocenters. The van der Waals surface area contributed by atoms with Gasteiger partial charge in [0.1, 0.15) is 5.75 Å². The summed E-state index contributed by atoms with van der Waals surface area (Å²) in [5, 5.41) is 2.29. The number of carbonyl (C=O) groups excluding carboxylic acids is 2. The normalized spacial score (nSPS) is 22.6. The largest absolute Gasteiger partial charge is 0.497 e. The van der Waals surface area contributed by atoms with Crippen molar-refractivity contribution in [3.05, 3.63) is 42.0 Å². The average Bonchev–Trinajstić information content (AvgIpc) is 2.92. The number of fused-ring (bicyclic) bond motifs is 2. The molecule has 2 amide bonds. The number of amides is 2. The minimum absolute atomic E-state index is 0.0298. The Balaban J connectivity index is 1.44. The van der Waals surface area contributed by atoms with Gasteiger partial charge in [0.15, 0.2) is 0 Å². The zero-order valence-corrected chi connectivity index (χ0v) is 16.0. The number of ether oxygens (including phenoxy) is 1. The van der Waals surface area contributed by atoms with Crippen molar-refractivity contribution in [3.63, 3.8) is 0 Å². The number of hydrogen-bond donors (Lipinski definition) is 0. The Hall–Kier alpha value is -2.40. The average molecular weight is 366 g/mol. The second-order valence-electron chi connectivity index (χ2n) is 7.80. The third kappa shape index (κ3) is 3.44. The van der Waals surface area contributed by atoms with Crippen molar-refractivity contribution in [1.82, 2.24) is 9.80 Å². The van der Waals surface area contributed by atoms with E-state index in [4.69, 9.17) is 4.74 Å². The summed E-state index contributed by atoms with van der Waals surface area (Å²) in [6, 6.07) is 12.4. The van der Waals surface area contributed by atoms with Crippen LogP contribution in [-0.4, -0.2) is 42.4 Å². The Bertz CT molecular complexity index is 855. The molecular formula is C22H26N2O3. The first-order valence-electron chi connectivity index (χ1n) is 9.67. The fourth-order valence-corrected chi connectivity index (χ4v) is 4.47. The van der Waals surface area contributed by atoms with Gasteiger partial charge in [-0.05, 0) is 54.4 Å². The number of nitrogens with zero attached hydrogens (tertiary/aromatic N) is 2. The van der Waals surface area contributed by atoms with Crippen LogP contribution in [0.1, 0.15) is 31.2 Å². The molecule has 0 radical (unpaired) electrons. The number of rotatable bonds is 5. The molecule has 1 aliphatic carbocycles. The molecule has 142 valence electrons. The van der Waals surface area contributed by atoms with Crippen LogP contribution in [-0.2, 0) is 16.1 Å².